The lowest BCUT2D eigenvalue weighted by molar-refractivity contribution is 0.488. The van der Waals surface area contributed by atoms with E-state index in [-0.39, 0.29) is 11.6 Å². The zero-order valence-corrected chi connectivity index (χ0v) is 10.2. The van der Waals surface area contributed by atoms with E-state index in [1.165, 1.54) is 24.3 Å². The summed E-state index contributed by atoms with van der Waals surface area (Å²) in [6, 6.07) is 12.4. The zero-order valence-electron chi connectivity index (χ0n) is 10.2. The summed E-state index contributed by atoms with van der Waals surface area (Å²) in [5.74, 6) is -0.567. The Morgan fingerprint density at radius 1 is 1.00 bits per heavy atom. The minimum absolute atomic E-state index is 0.276. The molecule has 0 amide bonds. The molecule has 0 radical (unpaired) electrons. The molecule has 0 fully saturated rings. The summed E-state index contributed by atoms with van der Waals surface area (Å²) in [7, 11) is 0. The maximum atomic E-state index is 13.1. The summed E-state index contributed by atoms with van der Waals surface area (Å²) in [6.07, 6.45) is 0.496. The van der Waals surface area contributed by atoms with Gasteiger partial charge in [0.05, 0.1) is 0 Å². The fraction of sp³-hybridized carbons (Fsp3) is 0.200. The molecule has 0 spiro atoms. The van der Waals surface area contributed by atoms with E-state index in [0.29, 0.717) is 6.42 Å². The molecule has 1 unspecified atom stereocenters. The fourth-order valence-corrected chi connectivity index (χ4v) is 2.00. The van der Waals surface area contributed by atoms with E-state index in [2.05, 4.69) is 0 Å². The molecule has 0 aliphatic heterocycles. The third kappa shape index (κ3) is 2.93. The summed E-state index contributed by atoms with van der Waals surface area (Å²) in [5, 5.41) is 0. The molecule has 94 valence electrons. The van der Waals surface area contributed by atoms with Gasteiger partial charge in [0.25, 0.3) is 0 Å². The monoisotopic (exact) mass is 247 g/mol. The van der Waals surface area contributed by atoms with Gasteiger partial charge < -0.3 is 5.73 Å². The van der Waals surface area contributed by atoms with Crippen LogP contribution in [0.5, 0.6) is 0 Å². The van der Waals surface area contributed by atoms with E-state index in [9.17, 15) is 8.78 Å². The lowest BCUT2D eigenvalue weighted by atomic mass is 9.86. The van der Waals surface area contributed by atoms with Crippen molar-refractivity contribution in [2.24, 2.45) is 5.73 Å². The van der Waals surface area contributed by atoms with Crippen LogP contribution in [0, 0.1) is 11.6 Å². The molecule has 2 aromatic carbocycles. The van der Waals surface area contributed by atoms with Crippen LogP contribution in [-0.4, -0.2) is 0 Å². The standard InChI is InChI=1S/C15H15F2N/c1-15(18,12-5-7-13(16)8-6-12)10-11-3-2-4-14(17)9-11/h2-9H,10,18H2,1H3. The van der Waals surface area contributed by atoms with Gasteiger partial charge in [0.15, 0.2) is 0 Å². The van der Waals surface area contributed by atoms with Crippen LogP contribution in [0.3, 0.4) is 0 Å². The molecule has 3 heteroatoms. The molecule has 2 rings (SSSR count). The molecule has 0 aromatic heterocycles. The molecule has 2 N–H and O–H groups in total. The fourth-order valence-electron chi connectivity index (χ4n) is 2.00. The Morgan fingerprint density at radius 2 is 1.67 bits per heavy atom. The SMILES string of the molecule is CC(N)(Cc1cccc(F)c1)c1ccc(F)cc1. The number of rotatable bonds is 3. The van der Waals surface area contributed by atoms with Crippen molar-refractivity contribution >= 4 is 0 Å². The lowest BCUT2D eigenvalue weighted by Crippen LogP contribution is -2.35. The van der Waals surface area contributed by atoms with Gasteiger partial charge in [0.2, 0.25) is 0 Å². The number of hydrogen-bond acceptors (Lipinski definition) is 1. The first-order valence-corrected chi connectivity index (χ1v) is 5.77. The highest BCUT2D eigenvalue weighted by molar-refractivity contribution is 5.28. The second kappa shape index (κ2) is 4.86. The molecule has 0 bridgehead atoms. The largest absolute Gasteiger partial charge is 0.321 e. The number of halogens is 2. The zero-order chi connectivity index (χ0) is 13.2. The highest BCUT2D eigenvalue weighted by Gasteiger charge is 2.21. The second-order valence-corrected chi connectivity index (χ2v) is 4.73. The van der Waals surface area contributed by atoms with Crippen molar-refractivity contribution in [1.82, 2.24) is 0 Å². The number of benzene rings is 2. The molecule has 18 heavy (non-hydrogen) atoms. The minimum atomic E-state index is -0.651. The molecule has 0 saturated heterocycles. The van der Waals surface area contributed by atoms with Crippen LogP contribution in [0.15, 0.2) is 48.5 Å². The highest BCUT2D eigenvalue weighted by atomic mass is 19.1. The van der Waals surface area contributed by atoms with Gasteiger partial charge in [0.1, 0.15) is 11.6 Å². The van der Waals surface area contributed by atoms with Crippen molar-refractivity contribution in [3.63, 3.8) is 0 Å². The van der Waals surface area contributed by atoms with Crippen LogP contribution in [-0.2, 0) is 12.0 Å². The van der Waals surface area contributed by atoms with E-state index >= 15 is 0 Å². The van der Waals surface area contributed by atoms with E-state index in [1.807, 2.05) is 13.0 Å². The Bertz CT molecular complexity index is 532. The maximum Gasteiger partial charge on any atom is 0.123 e. The summed E-state index contributed by atoms with van der Waals surface area (Å²) in [5.41, 5.74) is 7.22. The van der Waals surface area contributed by atoms with Crippen molar-refractivity contribution in [3.05, 3.63) is 71.3 Å². The predicted molar refractivity (Wildman–Crippen MR) is 68.0 cm³/mol. The molecule has 0 heterocycles. The van der Waals surface area contributed by atoms with Gasteiger partial charge in [-0.1, -0.05) is 24.3 Å². The third-order valence-corrected chi connectivity index (χ3v) is 2.96. The van der Waals surface area contributed by atoms with Crippen molar-refractivity contribution < 1.29 is 8.78 Å². The highest BCUT2D eigenvalue weighted by Crippen LogP contribution is 2.23. The van der Waals surface area contributed by atoms with Gasteiger partial charge in [0, 0.05) is 5.54 Å². The summed E-state index contributed by atoms with van der Waals surface area (Å²) >= 11 is 0. The van der Waals surface area contributed by atoms with Crippen LogP contribution in [0.4, 0.5) is 8.78 Å². The normalized spacial score (nSPS) is 14.2. The molecule has 0 saturated carbocycles. The van der Waals surface area contributed by atoms with E-state index in [0.717, 1.165) is 11.1 Å². The van der Waals surface area contributed by atoms with Crippen molar-refractivity contribution in [2.75, 3.05) is 0 Å². The van der Waals surface area contributed by atoms with Gasteiger partial charge in [-0.2, -0.15) is 0 Å². The van der Waals surface area contributed by atoms with E-state index in [4.69, 9.17) is 5.73 Å². The number of nitrogens with two attached hydrogens (primary N) is 1. The molecular weight excluding hydrogens is 232 g/mol. The van der Waals surface area contributed by atoms with Crippen LogP contribution in [0.25, 0.3) is 0 Å². The van der Waals surface area contributed by atoms with Crippen LogP contribution in [0.1, 0.15) is 18.1 Å². The van der Waals surface area contributed by atoms with Crippen molar-refractivity contribution in [3.8, 4) is 0 Å². The van der Waals surface area contributed by atoms with Gasteiger partial charge in [-0.25, -0.2) is 8.78 Å². The van der Waals surface area contributed by atoms with E-state index < -0.39 is 5.54 Å². The smallest absolute Gasteiger partial charge is 0.123 e. The third-order valence-electron chi connectivity index (χ3n) is 2.96. The van der Waals surface area contributed by atoms with E-state index in [1.54, 1.807) is 18.2 Å². The van der Waals surface area contributed by atoms with Crippen LogP contribution >= 0.6 is 0 Å². The summed E-state index contributed by atoms with van der Waals surface area (Å²) < 4.78 is 26.0. The Morgan fingerprint density at radius 3 is 2.28 bits per heavy atom. The molecule has 1 nitrogen and oxygen atoms in total. The van der Waals surface area contributed by atoms with Gasteiger partial charge in [-0.15, -0.1) is 0 Å². The second-order valence-electron chi connectivity index (χ2n) is 4.73. The topological polar surface area (TPSA) is 26.0 Å². The minimum Gasteiger partial charge on any atom is -0.321 e. The van der Waals surface area contributed by atoms with Crippen LogP contribution in [0.2, 0.25) is 0 Å². The number of hydrogen-bond donors (Lipinski definition) is 1. The van der Waals surface area contributed by atoms with Crippen molar-refractivity contribution in [2.45, 2.75) is 18.9 Å². The molecule has 1 atom stereocenters. The molecule has 2 aromatic rings. The Balaban J connectivity index is 2.23. The average molecular weight is 247 g/mol. The maximum absolute atomic E-state index is 13.1. The summed E-state index contributed by atoms with van der Waals surface area (Å²) in [4.78, 5) is 0. The first-order chi connectivity index (χ1) is 8.47. The summed E-state index contributed by atoms with van der Waals surface area (Å²) in [6.45, 7) is 1.85. The molecule has 0 aliphatic rings. The van der Waals surface area contributed by atoms with Crippen molar-refractivity contribution in [1.29, 1.82) is 0 Å². The Kier molecular flexibility index (Phi) is 3.43. The van der Waals surface area contributed by atoms with Gasteiger partial charge in [-0.05, 0) is 48.7 Å². The van der Waals surface area contributed by atoms with Crippen LogP contribution < -0.4 is 5.73 Å². The first kappa shape index (κ1) is 12.7. The predicted octanol–water partition coefficient (Wildman–Crippen LogP) is 3.38. The Hall–Kier alpha value is -1.74. The Labute approximate surface area is 105 Å². The van der Waals surface area contributed by atoms with Gasteiger partial charge >= 0.3 is 0 Å². The first-order valence-electron chi connectivity index (χ1n) is 5.77. The quantitative estimate of drug-likeness (QED) is 0.884. The van der Waals surface area contributed by atoms with Gasteiger partial charge in [-0.3, -0.25) is 0 Å². The molecule has 0 aliphatic carbocycles. The average Bonchev–Trinajstić information content (AvgIpc) is 2.29. The lowest BCUT2D eigenvalue weighted by Gasteiger charge is -2.25. The molecular formula is C15H15F2N.